The van der Waals surface area contributed by atoms with Gasteiger partial charge in [-0.2, -0.15) is 0 Å². The molecule has 0 aliphatic heterocycles. The Morgan fingerprint density at radius 2 is 1.92 bits per heavy atom. The van der Waals surface area contributed by atoms with Gasteiger partial charge in [0.2, 0.25) is 10.0 Å². The molecule has 1 unspecified atom stereocenters. The first-order valence-corrected chi connectivity index (χ1v) is 10.5. The minimum Gasteiger partial charge on any atom is -0.345 e. The van der Waals surface area contributed by atoms with Gasteiger partial charge in [0.15, 0.2) is 0 Å². The molecule has 0 radical (unpaired) electrons. The van der Waals surface area contributed by atoms with Gasteiger partial charge >= 0.3 is 0 Å². The molecule has 26 heavy (non-hydrogen) atoms. The summed E-state index contributed by atoms with van der Waals surface area (Å²) in [6.45, 7) is 3.72. The average Bonchev–Trinajstić information content (AvgIpc) is 2.92. The Kier molecular flexibility index (Phi) is 5.07. The Hall–Kier alpha value is -1.93. The molecular formula is C18H17ClN2O3S2. The van der Waals surface area contributed by atoms with E-state index in [9.17, 15) is 13.2 Å². The summed E-state index contributed by atoms with van der Waals surface area (Å²) >= 11 is 7.76. The van der Waals surface area contributed by atoms with Crippen molar-refractivity contribution in [1.29, 1.82) is 0 Å². The van der Waals surface area contributed by atoms with Crippen molar-refractivity contribution in [3.8, 4) is 0 Å². The van der Waals surface area contributed by atoms with Gasteiger partial charge in [0.1, 0.15) is 4.88 Å². The standard InChI is InChI=1S/C18H17ClN2O3S2/c1-10-5-3-8-14-15(10)16(19)17(25-14)18(22)21-11(2)12-6-4-7-13(9-12)26(20,23)24/h3-9,11H,1-2H3,(H,21,22)(H2,20,23,24). The van der Waals surface area contributed by atoms with Gasteiger partial charge in [-0.15, -0.1) is 11.3 Å². The van der Waals surface area contributed by atoms with Crippen LogP contribution in [-0.2, 0) is 10.0 Å². The molecule has 136 valence electrons. The van der Waals surface area contributed by atoms with Gasteiger partial charge in [0, 0.05) is 10.1 Å². The van der Waals surface area contributed by atoms with Gasteiger partial charge in [0.25, 0.3) is 5.91 Å². The number of benzene rings is 2. The van der Waals surface area contributed by atoms with Gasteiger partial charge in [-0.1, -0.05) is 35.9 Å². The van der Waals surface area contributed by atoms with E-state index in [1.807, 2.05) is 25.1 Å². The van der Waals surface area contributed by atoms with Crippen molar-refractivity contribution in [2.45, 2.75) is 24.8 Å². The first kappa shape index (κ1) is 18.8. The van der Waals surface area contributed by atoms with Crippen LogP contribution in [0, 0.1) is 6.92 Å². The fourth-order valence-corrected chi connectivity index (χ4v) is 4.88. The number of primary sulfonamides is 1. The Morgan fingerprint density at radius 1 is 1.23 bits per heavy atom. The number of halogens is 1. The molecule has 1 heterocycles. The summed E-state index contributed by atoms with van der Waals surface area (Å²) in [6, 6.07) is 11.6. The zero-order chi connectivity index (χ0) is 19.1. The largest absolute Gasteiger partial charge is 0.345 e. The van der Waals surface area contributed by atoms with Crippen LogP contribution < -0.4 is 10.5 Å². The third-order valence-corrected chi connectivity index (χ3v) is 6.66. The third-order valence-electron chi connectivity index (χ3n) is 4.11. The maximum absolute atomic E-state index is 12.7. The zero-order valence-corrected chi connectivity index (χ0v) is 16.5. The molecule has 0 spiro atoms. The summed E-state index contributed by atoms with van der Waals surface area (Å²) < 4.78 is 24.0. The number of amides is 1. The van der Waals surface area contributed by atoms with Crippen molar-refractivity contribution in [2.24, 2.45) is 5.14 Å². The van der Waals surface area contributed by atoms with E-state index in [2.05, 4.69) is 5.32 Å². The lowest BCUT2D eigenvalue weighted by molar-refractivity contribution is 0.0944. The van der Waals surface area contributed by atoms with Gasteiger partial charge in [-0.05, 0) is 43.2 Å². The molecule has 0 aliphatic carbocycles. The first-order valence-electron chi connectivity index (χ1n) is 7.79. The molecule has 3 aromatic rings. The highest BCUT2D eigenvalue weighted by atomic mass is 35.5. The smallest absolute Gasteiger partial charge is 0.263 e. The van der Waals surface area contributed by atoms with Crippen LogP contribution in [0.1, 0.15) is 33.8 Å². The molecule has 0 saturated heterocycles. The summed E-state index contributed by atoms with van der Waals surface area (Å²) in [6.07, 6.45) is 0. The van der Waals surface area contributed by atoms with Crippen LogP contribution in [0.25, 0.3) is 10.1 Å². The van der Waals surface area contributed by atoms with Gasteiger partial charge in [0.05, 0.1) is 16.0 Å². The lowest BCUT2D eigenvalue weighted by Crippen LogP contribution is -2.26. The van der Waals surface area contributed by atoms with Crippen molar-refractivity contribution in [3.05, 3.63) is 63.5 Å². The van der Waals surface area contributed by atoms with Crippen LogP contribution in [0.15, 0.2) is 47.4 Å². The molecule has 8 heteroatoms. The van der Waals surface area contributed by atoms with Crippen LogP contribution in [0.4, 0.5) is 0 Å². The molecule has 1 atom stereocenters. The second kappa shape index (κ2) is 7.00. The van der Waals surface area contributed by atoms with Crippen LogP contribution in [0.5, 0.6) is 0 Å². The Bertz CT molecular complexity index is 1110. The minimum absolute atomic E-state index is 0.00613. The topological polar surface area (TPSA) is 89.3 Å². The second-order valence-electron chi connectivity index (χ2n) is 6.01. The predicted octanol–water partition coefficient (Wildman–Crippen LogP) is 4.00. The van der Waals surface area contributed by atoms with Crippen LogP contribution in [0.2, 0.25) is 5.02 Å². The third kappa shape index (κ3) is 3.61. The molecule has 0 aliphatic rings. The number of hydrogen-bond acceptors (Lipinski definition) is 4. The number of fused-ring (bicyclic) bond motifs is 1. The van der Waals surface area contributed by atoms with Crippen LogP contribution in [-0.4, -0.2) is 14.3 Å². The average molecular weight is 409 g/mol. The summed E-state index contributed by atoms with van der Waals surface area (Å²) in [5.74, 6) is -0.302. The molecule has 0 fully saturated rings. The molecule has 5 nitrogen and oxygen atoms in total. The summed E-state index contributed by atoms with van der Waals surface area (Å²) in [7, 11) is -3.80. The molecule has 0 saturated carbocycles. The number of aryl methyl sites for hydroxylation is 1. The monoisotopic (exact) mass is 408 g/mol. The fraction of sp³-hybridized carbons (Fsp3) is 0.167. The minimum atomic E-state index is -3.80. The highest BCUT2D eigenvalue weighted by molar-refractivity contribution is 7.89. The SMILES string of the molecule is Cc1cccc2sc(C(=O)NC(C)c3cccc(S(N)(=O)=O)c3)c(Cl)c12. The Balaban J connectivity index is 1.89. The number of carbonyl (C=O) groups is 1. The van der Waals surface area contributed by atoms with Crippen LogP contribution in [0.3, 0.4) is 0 Å². The van der Waals surface area contributed by atoms with Gasteiger partial charge in [-0.3, -0.25) is 4.79 Å². The molecule has 1 aromatic heterocycles. The maximum atomic E-state index is 12.7. The Labute approximate surface area is 160 Å². The number of hydrogen-bond donors (Lipinski definition) is 2. The van der Waals surface area contributed by atoms with Crippen molar-refractivity contribution < 1.29 is 13.2 Å². The van der Waals surface area contributed by atoms with E-state index in [0.717, 1.165) is 15.6 Å². The quantitative estimate of drug-likeness (QED) is 0.683. The number of nitrogens with one attached hydrogen (secondary N) is 1. The highest BCUT2D eigenvalue weighted by Gasteiger charge is 2.20. The van der Waals surface area contributed by atoms with E-state index < -0.39 is 16.1 Å². The number of rotatable bonds is 4. The molecular weight excluding hydrogens is 392 g/mol. The Morgan fingerprint density at radius 3 is 2.58 bits per heavy atom. The molecule has 3 rings (SSSR count). The van der Waals surface area contributed by atoms with E-state index in [1.165, 1.54) is 23.5 Å². The molecule has 2 aromatic carbocycles. The normalized spacial score (nSPS) is 12.9. The van der Waals surface area contributed by atoms with E-state index >= 15 is 0 Å². The zero-order valence-electron chi connectivity index (χ0n) is 14.1. The maximum Gasteiger partial charge on any atom is 0.263 e. The number of thiophene rings is 1. The van der Waals surface area contributed by atoms with E-state index in [1.54, 1.807) is 19.1 Å². The summed E-state index contributed by atoms with van der Waals surface area (Å²) in [5.41, 5.74) is 1.65. The number of carbonyl (C=O) groups excluding carboxylic acids is 1. The molecule has 3 N–H and O–H groups in total. The highest BCUT2D eigenvalue weighted by Crippen LogP contribution is 2.37. The van der Waals surface area contributed by atoms with E-state index in [4.69, 9.17) is 16.7 Å². The lowest BCUT2D eigenvalue weighted by atomic mass is 10.1. The van der Waals surface area contributed by atoms with Gasteiger partial charge in [-0.25, -0.2) is 13.6 Å². The van der Waals surface area contributed by atoms with E-state index in [0.29, 0.717) is 15.5 Å². The van der Waals surface area contributed by atoms with Crippen LogP contribution >= 0.6 is 22.9 Å². The van der Waals surface area contributed by atoms with E-state index in [-0.39, 0.29) is 10.8 Å². The second-order valence-corrected chi connectivity index (χ2v) is 9.00. The van der Waals surface area contributed by atoms with Crippen molar-refractivity contribution in [3.63, 3.8) is 0 Å². The van der Waals surface area contributed by atoms with Gasteiger partial charge < -0.3 is 5.32 Å². The molecule has 0 bridgehead atoms. The van der Waals surface area contributed by atoms with Crippen molar-refractivity contribution in [1.82, 2.24) is 5.32 Å². The number of nitrogens with two attached hydrogens (primary N) is 1. The molecule has 1 amide bonds. The number of sulfonamides is 1. The summed E-state index contributed by atoms with van der Waals surface area (Å²) in [4.78, 5) is 13.1. The summed E-state index contributed by atoms with van der Waals surface area (Å²) in [5, 5.41) is 9.35. The fourth-order valence-electron chi connectivity index (χ4n) is 2.73. The predicted molar refractivity (Wildman–Crippen MR) is 105 cm³/mol. The van der Waals surface area contributed by atoms with Crippen molar-refractivity contribution in [2.75, 3.05) is 0 Å². The van der Waals surface area contributed by atoms with Crippen molar-refractivity contribution >= 4 is 49.0 Å². The first-order chi connectivity index (χ1) is 12.2. The lowest BCUT2D eigenvalue weighted by Gasteiger charge is -2.14.